The van der Waals surface area contributed by atoms with Crippen LogP contribution in [0.2, 0.25) is 0 Å². The maximum atomic E-state index is 13.1. The first kappa shape index (κ1) is 23.0. The Labute approximate surface area is 175 Å². The van der Waals surface area contributed by atoms with Crippen molar-refractivity contribution in [3.8, 4) is 0 Å². The van der Waals surface area contributed by atoms with Crippen molar-refractivity contribution < 1.29 is 36.6 Å². The number of hydrogen-bond acceptors (Lipinski definition) is 3. The normalized spacial score (nSPS) is 22.7. The summed E-state index contributed by atoms with van der Waals surface area (Å²) in [4.78, 5) is 25.1. The molecular formula is C21H23F5N2O3. The third kappa shape index (κ3) is 5.16. The van der Waals surface area contributed by atoms with E-state index >= 15 is 0 Å². The van der Waals surface area contributed by atoms with Gasteiger partial charge in [0.15, 0.2) is 5.76 Å². The van der Waals surface area contributed by atoms with Crippen LogP contribution < -0.4 is 5.32 Å². The van der Waals surface area contributed by atoms with Crippen LogP contribution in [0.25, 0.3) is 0 Å². The Morgan fingerprint density at radius 1 is 1.06 bits per heavy atom. The van der Waals surface area contributed by atoms with Crippen molar-refractivity contribution in [3.05, 3.63) is 47.2 Å². The summed E-state index contributed by atoms with van der Waals surface area (Å²) in [5.41, 5.74) is 0.908. The van der Waals surface area contributed by atoms with Crippen LogP contribution in [0.15, 0.2) is 41.7 Å². The predicted molar refractivity (Wildman–Crippen MR) is 101 cm³/mol. The average molecular weight is 446 g/mol. The standard InChI is InChI=1S/C21H23F5N2O3/c22-20(23,21(24,25)26)10-11-28-12-16(17(29)19(28)31)18(30)27-15-8-6-14(7-9-15)13-4-2-1-3-5-13/h1-5,14-15,29H,6-12H2,(H,27,30). The quantitative estimate of drug-likeness (QED) is 0.648. The van der Waals surface area contributed by atoms with E-state index in [1.165, 1.54) is 5.56 Å². The highest BCUT2D eigenvalue weighted by Gasteiger charge is 2.57. The zero-order valence-electron chi connectivity index (χ0n) is 16.6. The average Bonchev–Trinajstić information content (AvgIpc) is 3.01. The zero-order valence-corrected chi connectivity index (χ0v) is 16.6. The Morgan fingerprint density at radius 3 is 2.26 bits per heavy atom. The molecular weight excluding hydrogens is 423 g/mol. The molecule has 3 rings (SSSR count). The summed E-state index contributed by atoms with van der Waals surface area (Å²) in [6.45, 7) is -1.45. The van der Waals surface area contributed by atoms with Crippen LogP contribution in [0.3, 0.4) is 0 Å². The van der Waals surface area contributed by atoms with Crippen LogP contribution in [-0.4, -0.2) is 53.1 Å². The van der Waals surface area contributed by atoms with E-state index < -0.39 is 49.2 Å². The number of aliphatic hydroxyl groups excluding tert-OH is 1. The molecule has 5 nitrogen and oxygen atoms in total. The second kappa shape index (κ2) is 8.84. The van der Waals surface area contributed by atoms with Crippen LogP contribution in [0.4, 0.5) is 22.0 Å². The van der Waals surface area contributed by atoms with Crippen LogP contribution in [0, 0.1) is 0 Å². The topological polar surface area (TPSA) is 69.6 Å². The number of nitrogens with one attached hydrogen (secondary N) is 1. The van der Waals surface area contributed by atoms with Crippen LogP contribution in [0.1, 0.15) is 43.6 Å². The number of amides is 2. The smallest absolute Gasteiger partial charge is 0.453 e. The van der Waals surface area contributed by atoms with Crippen LogP contribution >= 0.6 is 0 Å². The summed E-state index contributed by atoms with van der Waals surface area (Å²) in [7, 11) is 0. The molecule has 1 aromatic rings. The van der Waals surface area contributed by atoms with Crippen molar-refractivity contribution in [1.82, 2.24) is 10.2 Å². The van der Waals surface area contributed by atoms with E-state index in [1.807, 2.05) is 30.3 Å². The van der Waals surface area contributed by atoms with Gasteiger partial charge in [0.2, 0.25) is 0 Å². The summed E-state index contributed by atoms with van der Waals surface area (Å²) in [6, 6.07) is 9.79. The lowest BCUT2D eigenvalue weighted by molar-refractivity contribution is -0.284. The summed E-state index contributed by atoms with van der Waals surface area (Å²) >= 11 is 0. The van der Waals surface area contributed by atoms with Crippen molar-refractivity contribution in [1.29, 1.82) is 0 Å². The van der Waals surface area contributed by atoms with Crippen molar-refractivity contribution in [3.63, 3.8) is 0 Å². The summed E-state index contributed by atoms with van der Waals surface area (Å²) < 4.78 is 63.1. The van der Waals surface area contributed by atoms with Crippen molar-refractivity contribution in [2.45, 2.75) is 56.2 Å². The number of carbonyl (C=O) groups excluding carboxylic acids is 2. The van der Waals surface area contributed by atoms with Gasteiger partial charge >= 0.3 is 12.1 Å². The minimum Gasteiger partial charge on any atom is -0.503 e. The Kier molecular flexibility index (Phi) is 6.56. The van der Waals surface area contributed by atoms with Gasteiger partial charge in [-0.2, -0.15) is 22.0 Å². The third-order valence-corrected chi connectivity index (χ3v) is 5.84. The molecule has 1 aliphatic carbocycles. The maximum Gasteiger partial charge on any atom is 0.453 e. The highest BCUT2D eigenvalue weighted by molar-refractivity contribution is 6.07. The molecule has 2 aliphatic rings. The summed E-state index contributed by atoms with van der Waals surface area (Å²) in [5.74, 6) is -7.34. The van der Waals surface area contributed by atoms with Gasteiger partial charge in [-0.1, -0.05) is 30.3 Å². The fourth-order valence-corrected chi connectivity index (χ4v) is 3.96. The molecule has 0 saturated heterocycles. The molecule has 0 aromatic heterocycles. The van der Waals surface area contributed by atoms with Crippen molar-refractivity contribution in [2.24, 2.45) is 0 Å². The van der Waals surface area contributed by atoms with E-state index in [0.717, 1.165) is 12.8 Å². The van der Waals surface area contributed by atoms with E-state index in [4.69, 9.17) is 0 Å². The van der Waals surface area contributed by atoms with E-state index in [9.17, 15) is 36.6 Å². The largest absolute Gasteiger partial charge is 0.503 e. The van der Waals surface area contributed by atoms with Crippen LogP contribution in [-0.2, 0) is 9.59 Å². The second-order valence-electron chi connectivity index (χ2n) is 7.94. The van der Waals surface area contributed by atoms with Crippen molar-refractivity contribution >= 4 is 11.8 Å². The summed E-state index contributed by atoms with van der Waals surface area (Å²) in [6.07, 6.45) is -4.31. The maximum absolute atomic E-state index is 13.1. The van der Waals surface area contributed by atoms with E-state index in [0.29, 0.717) is 23.7 Å². The van der Waals surface area contributed by atoms with Crippen LogP contribution in [0.5, 0.6) is 0 Å². The van der Waals surface area contributed by atoms with Gasteiger partial charge in [-0.05, 0) is 37.2 Å². The summed E-state index contributed by atoms with van der Waals surface area (Å²) in [5, 5.41) is 12.7. The van der Waals surface area contributed by atoms with Gasteiger partial charge in [0, 0.05) is 19.0 Å². The molecule has 0 radical (unpaired) electrons. The Bertz CT molecular complexity index is 846. The number of rotatable bonds is 6. The van der Waals surface area contributed by atoms with Crippen molar-refractivity contribution in [2.75, 3.05) is 13.1 Å². The first-order valence-corrected chi connectivity index (χ1v) is 10.0. The highest BCUT2D eigenvalue weighted by atomic mass is 19.4. The van der Waals surface area contributed by atoms with Gasteiger partial charge in [0.05, 0.1) is 12.1 Å². The molecule has 2 N–H and O–H groups in total. The number of hydrogen-bond donors (Lipinski definition) is 2. The first-order chi connectivity index (χ1) is 14.5. The number of benzene rings is 1. The van der Waals surface area contributed by atoms with Gasteiger partial charge in [-0.15, -0.1) is 0 Å². The molecule has 2 amide bonds. The van der Waals surface area contributed by atoms with E-state index in [2.05, 4.69) is 5.32 Å². The van der Waals surface area contributed by atoms with Gasteiger partial charge < -0.3 is 15.3 Å². The molecule has 0 bridgehead atoms. The molecule has 1 aliphatic heterocycles. The fourth-order valence-electron chi connectivity index (χ4n) is 3.96. The molecule has 31 heavy (non-hydrogen) atoms. The molecule has 0 atom stereocenters. The number of carbonyl (C=O) groups is 2. The molecule has 1 heterocycles. The lowest BCUT2D eigenvalue weighted by Crippen LogP contribution is -2.41. The number of aliphatic hydroxyl groups is 1. The zero-order chi connectivity index (χ0) is 22.8. The molecule has 1 fully saturated rings. The Morgan fingerprint density at radius 2 is 1.68 bits per heavy atom. The lowest BCUT2D eigenvalue weighted by Gasteiger charge is -2.29. The van der Waals surface area contributed by atoms with E-state index in [-0.39, 0.29) is 11.6 Å². The monoisotopic (exact) mass is 446 g/mol. The third-order valence-electron chi connectivity index (χ3n) is 5.84. The number of nitrogens with zero attached hydrogens (tertiary/aromatic N) is 1. The van der Waals surface area contributed by atoms with Gasteiger partial charge in [0.1, 0.15) is 0 Å². The van der Waals surface area contributed by atoms with Gasteiger partial charge in [-0.25, -0.2) is 0 Å². The molecule has 0 unspecified atom stereocenters. The molecule has 170 valence electrons. The lowest BCUT2D eigenvalue weighted by atomic mass is 9.82. The fraction of sp³-hybridized carbons (Fsp3) is 0.524. The highest BCUT2D eigenvalue weighted by Crippen LogP contribution is 2.38. The Balaban J connectivity index is 1.52. The van der Waals surface area contributed by atoms with Gasteiger partial charge in [0.25, 0.3) is 11.8 Å². The molecule has 0 spiro atoms. The molecule has 10 heteroatoms. The minimum absolute atomic E-state index is 0.175. The minimum atomic E-state index is -5.73. The molecule has 1 saturated carbocycles. The first-order valence-electron chi connectivity index (χ1n) is 10.0. The predicted octanol–water partition coefficient (Wildman–Crippen LogP) is 4.07. The second-order valence-corrected chi connectivity index (χ2v) is 7.94. The molecule has 1 aromatic carbocycles. The number of alkyl halides is 5. The SMILES string of the molecule is O=C(NC1CCC(c2ccccc2)CC1)C1=C(O)C(=O)N(CCC(F)(F)C(F)(F)F)C1. The van der Waals surface area contributed by atoms with Gasteiger partial charge in [-0.3, -0.25) is 9.59 Å². The Hall–Kier alpha value is -2.65. The number of halogens is 5. The van der Waals surface area contributed by atoms with E-state index in [1.54, 1.807) is 0 Å².